The maximum atomic E-state index is 13.3. The third kappa shape index (κ3) is 6.15. The first-order valence-electron chi connectivity index (χ1n) is 11.1. The first kappa shape index (κ1) is 26.1. The number of anilines is 1. The normalized spacial score (nSPS) is 17.4. The lowest BCUT2D eigenvalue weighted by Crippen LogP contribution is -2.45. The van der Waals surface area contributed by atoms with Crippen LogP contribution in [0.25, 0.3) is 0 Å². The second kappa shape index (κ2) is 9.29. The molecular weight excluding hydrogens is 455 g/mol. The molecule has 1 fully saturated rings. The molecule has 1 aliphatic rings. The molecule has 0 unspecified atom stereocenters. The van der Waals surface area contributed by atoms with E-state index in [0.29, 0.717) is 16.8 Å². The number of hydrogen-bond acceptors (Lipinski definition) is 6. The third-order valence-electron chi connectivity index (χ3n) is 5.66. The van der Waals surface area contributed by atoms with Crippen molar-refractivity contribution < 1.29 is 22.5 Å². The number of carbonyl (C=O) groups is 1. The Bertz CT molecular complexity index is 1130. The molecule has 0 atom stereocenters. The lowest BCUT2D eigenvalue weighted by Gasteiger charge is -2.32. The largest absolute Gasteiger partial charge is 0.496 e. The number of rotatable bonds is 6. The lowest BCUT2D eigenvalue weighted by atomic mass is 9.79. The molecule has 2 aromatic rings. The highest BCUT2D eigenvalue weighted by Gasteiger charge is 2.53. The zero-order chi connectivity index (χ0) is 25.4. The Kier molecular flexibility index (Phi) is 7.15. The van der Waals surface area contributed by atoms with E-state index in [1.165, 1.54) is 6.07 Å². The fraction of sp³-hybridized carbons (Fsp3) is 0.478. The standard InChI is InChI=1S/C23H33BN4O5S/c1-21(2,3)28-34(30,31)19-14-16(27-20(29)26-15-17-10-8-9-13-25-17)11-12-18(19)24-32-22(4,5)23(6,7)33-24/h8-14,28H,15H2,1-7H3,(H2,26,27,29). The second-order valence-corrected chi connectivity index (χ2v) is 12.0. The molecule has 2 amide bonds. The molecular formula is C23H33BN4O5S. The van der Waals surface area contributed by atoms with E-state index < -0.39 is 39.9 Å². The van der Waals surface area contributed by atoms with Crippen LogP contribution in [0.5, 0.6) is 0 Å². The number of benzene rings is 1. The predicted octanol–water partition coefficient (Wildman–Crippen LogP) is 2.78. The topological polar surface area (TPSA) is 119 Å². The zero-order valence-corrected chi connectivity index (χ0v) is 21.5. The Morgan fingerprint density at radius 3 is 2.26 bits per heavy atom. The first-order valence-corrected chi connectivity index (χ1v) is 12.6. The molecule has 0 saturated carbocycles. The van der Waals surface area contributed by atoms with Gasteiger partial charge in [-0.1, -0.05) is 12.1 Å². The molecule has 3 N–H and O–H groups in total. The van der Waals surface area contributed by atoms with Crippen LogP contribution in [-0.4, -0.2) is 43.3 Å². The zero-order valence-electron chi connectivity index (χ0n) is 20.7. The van der Waals surface area contributed by atoms with Crippen molar-refractivity contribution in [1.82, 2.24) is 15.0 Å². The first-order chi connectivity index (χ1) is 15.6. The van der Waals surface area contributed by atoms with Crippen LogP contribution in [0.1, 0.15) is 54.2 Å². The van der Waals surface area contributed by atoms with Crippen molar-refractivity contribution >= 4 is 34.3 Å². The number of carbonyl (C=O) groups excluding carboxylic acids is 1. The number of amides is 2. The number of nitrogens with one attached hydrogen (secondary N) is 3. The molecule has 9 nitrogen and oxygen atoms in total. The molecule has 1 aliphatic heterocycles. The van der Waals surface area contributed by atoms with Crippen LogP contribution in [0.15, 0.2) is 47.5 Å². The Balaban J connectivity index is 1.90. The van der Waals surface area contributed by atoms with E-state index in [0.717, 1.165) is 0 Å². The van der Waals surface area contributed by atoms with Crippen molar-refractivity contribution in [1.29, 1.82) is 0 Å². The molecule has 34 heavy (non-hydrogen) atoms. The lowest BCUT2D eigenvalue weighted by molar-refractivity contribution is 0.00578. The molecule has 1 saturated heterocycles. The monoisotopic (exact) mass is 488 g/mol. The van der Waals surface area contributed by atoms with Crippen LogP contribution < -0.4 is 20.8 Å². The molecule has 1 aromatic carbocycles. The van der Waals surface area contributed by atoms with Gasteiger partial charge in [-0.15, -0.1) is 0 Å². The number of hydrogen-bond donors (Lipinski definition) is 3. The van der Waals surface area contributed by atoms with Gasteiger partial charge in [-0.25, -0.2) is 17.9 Å². The van der Waals surface area contributed by atoms with Crippen LogP contribution in [0.2, 0.25) is 0 Å². The summed E-state index contributed by atoms with van der Waals surface area (Å²) in [6.45, 7) is 13.1. The highest BCUT2D eigenvalue weighted by atomic mass is 32.2. The van der Waals surface area contributed by atoms with Crippen LogP contribution in [-0.2, 0) is 25.9 Å². The summed E-state index contributed by atoms with van der Waals surface area (Å²) in [5.41, 5.74) is -0.624. The van der Waals surface area contributed by atoms with E-state index in [-0.39, 0.29) is 11.4 Å². The molecule has 1 aromatic heterocycles. The summed E-state index contributed by atoms with van der Waals surface area (Å²) in [5, 5.41) is 5.39. The average Bonchev–Trinajstić information content (AvgIpc) is 2.92. The summed E-state index contributed by atoms with van der Waals surface area (Å²) >= 11 is 0. The third-order valence-corrected chi connectivity index (χ3v) is 7.48. The van der Waals surface area contributed by atoms with Gasteiger partial charge in [-0.3, -0.25) is 4.98 Å². The molecule has 0 aliphatic carbocycles. The van der Waals surface area contributed by atoms with E-state index >= 15 is 0 Å². The van der Waals surface area contributed by atoms with E-state index in [2.05, 4.69) is 20.3 Å². The number of nitrogens with zero attached hydrogens (tertiary/aromatic N) is 1. The number of aromatic nitrogens is 1. The van der Waals surface area contributed by atoms with Gasteiger partial charge in [0.2, 0.25) is 10.0 Å². The smallest absolute Gasteiger partial charge is 0.399 e. The fourth-order valence-electron chi connectivity index (χ4n) is 3.32. The quantitative estimate of drug-likeness (QED) is 0.539. The summed E-state index contributed by atoms with van der Waals surface area (Å²) in [6, 6.07) is 9.57. The van der Waals surface area contributed by atoms with Gasteiger partial charge in [0.25, 0.3) is 0 Å². The van der Waals surface area contributed by atoms with Crippen LogP contribution in [0, 0.1) is 0 Å². The Morgan fingerprint density at radius 2 is 1.71 bits per heavy atom. The van der Waals surface area contributed by atoms with Gasteiger partial charge < -0.3 is 19.9 Å². The average molecular weight is 488 g/mol. The summed E-state index contributed by atoms with van der Waals surface area (Å²) in [4.78, 5) is 16.6. The second-order valence-electron chi connectivity index (χ2n) is 10.3. The molecule has 11 heteroatoms. The minimum absolute atomic E-state index is 0.0246. The van der Waals surface area contributed by atoms with E-state index in [1.807, 2.05) is 33.8 Å². The molecule has 0 radical (unpaired) electrons. The van der Waals surface area contributed by atoms with Crippen molar-refractivity contribution in [3.05, 3.63) is 48.3 Å². The molecule has 2 heterocycles. The number of pyridine rings is 1. The Labute approximate surface area is 202 Å². The van der Waals surface area contributed by atoms with Crippen molar-refractivity contribution in [2.24, 2.45) is 0 Å². The summed E-state index contributed by atoms with van der Waals surface area (Å²) in [5.74, 6) is 0. The highest BCUT2D eigenvalue weighted by Crippen LogP contribution is 2.37. The summed E-state index contributed by atoms with van der Waals surface area (Å²) in [7, 11) is -4.85. The molecule has 3 rings (SSSR count). The van der Waals surface area contributed by atoms with Gasteiger partial charge in [-0.2, -0.15) is 0 Å². The van der Waals surface area contributed by atoms with Gasteiger partial charge in [0.1, 0.15) is 0 Å². The number of urea groups is 1. The van der Waals surface area contributed by atoms with Gasteiger partial charge in [0.05, 0.1) is 28.3 Å². The minimum atomic E-state index is -3.97. The van der Waals surface area contributed by atoms with Gasteiger partial charge in [0.15, 0.2) is 0 Å². The maximum Gasteiger partial charge on any atom is 0.496 e. The van der Waals surface area contributed by atoms with Crippen LogP contribution in [0.4, 0.5) is 10.5 Å². The van der Waals surface area contributed by atoms with E-state index in [1.54, 1.807) is 51.2 Å². The van der Waals surface area contributed by atoms with E-state index in [9.17, 15) is 13.2 Å². The number of sulfonamides is 1. The highest BCUT2D eigenvalue weighted by molar-refractivity contribution is 7.89. The minimum Gasteiger partial charge on any atom is -0.399 e. The Morgan fingerprint density at radius 1 is 1.06 bits per heavy atom. The van der Waals surface area contributed by atoms with Crippen LogP contribution >= 0.6 is 0 Å². The van der Waals surface area contributed by atoms with E-state index in [4.69, 9.17) is 9.31 Å². The summed E-state index contributed by atoms with van der Waals surface area (Å²) in [6.07, 6.45) is 1.64. The predicted molar refractivity (Wildman–Crippen MR) is 132 cm³/mol. The SMILES string of the molecule is CC(C)(C)NS(=O)(=O)c1cc(NC(=O)NCc2ccccn2)ccc1B1OC(C)(C)C(C)(C)O1. The Hall–Kier alpha value is -2.47. The molecule has 0 spiro atoms. The molecule has 0 bridgehead atoms. The van der Waals surface area contributed by atoms with Crippen molar-refractivity contribution in [3.8, 4) is 0 Å². The van der Waals surface area contributed by atoms with Gasteiger partial charge >= 0.3 is 13.1 Å². The molecule has 184 valence electrons. The fourth-order valence-corrected chi connectivity index (χ4v) is 4.99. The van der Waals surface area contributed by atoms with Crippen molar-refractivity contribution in [2.75, 3.05) is 5.32 Å². The van der Waals surface area contributed by atoms with Crippen molar-refractivity contribution in [3.63, 3.8) is 0 Å². The maximum absolute atomic E-state index is 13.3. The summed E-state index contributed by atoms with van der Waals surface area (Å²) < 4.78 is 41.6. The van der Waals surface area contributed by atoms with Crippen molar-refractivity contribution in [2.45, 2.75) is 76.6 Å². The van der Waals surface area contributed by atoms with Gasteiger partial charge in [0, 0.05) is 22.9 Å². The van der Waals surface area contributed by atoms with Gasteiger partial charge in [-0.05, 0) is 72.7 Å². The van der Waals surface area contributed by atoms with Crippen LogP contribution in [0.3, 0.4) is 0 Å².